The van der Waals surface area contributed by atoms with E-state index in [4.69, 9.17) is 4.98 Å². The summed E-state index contributed by atoms with van der Waals surface area (Å²) in [6, 6.07) is 17.7. The van der Waals surface area contributed by atoms with Crippen LogP contribution in [-0.2, 0) is 4.79 Å². The van der Waals surface area contributed by atoms with Crippen LogP contribution in [0.4, 0.5) is 0 Å². The first-order valence-electron chi connectivity index (χ1n) is 9.74. The molecule has 2 aliphatic carbocycles. The van der Waals surface area contributed by atoms with E-state index >= 15 is 0 Å². The number of hydrogen-bond donors (Lipinski definition) is 1. The number of nitrogens with zero attached hydrogens (tertiary/aromatic N) is 2. The van der Waals surface area contributed by atoms with Crippen molar-refractivity contribution in [3.05, 3.63) is 70.5 Å². The standard InChI is InChI=1S/C22H21N3O2S/c26-20(23-15-10-11-15)19(14-6-2-1-3-7-14)28-22-24-18-9-5-4-8-17(18)21(27)25(22)16-12-13-16/h1-9,15-16,19H,10-13H2,(H,23,26)/t19-/m1/s1. The summed E-state index contributed by atoms with van der Waals surface area (Å²) < 4.78 is 1.80. The molecule has 5 rings (SSSR count). The molecule has 0 bridgehead atoms. The normalized spacial score (nSPS) is 17.4. The fraction of sp³-hybridized carbons (Fsp3) is 0.318. The second kappa shape index (κ2) is 7.09. The Morgan fingerprint density at radius 1 is 1.04 bits per heavy atom. The molecule has 0 spiro atoms. The van der Waals surface area contributed by atoms with Crippen LogP contribution in [0, 0.1) is 0 Å². The van der Waals surface area contributed by atoms with Crippen LogP contribution >= 0.6 is 11.8 Å². The molecule has 1 N–H and O–H groups in total. The van der Waals surface area contributed by atoms with E-state index in [1.165, 1.54) is 11.8 Å². The Labute approximate surface area is 167 Å². The number of amides is 1. The molecule has 2 saturated carbocycles. The topological polar surface area (TPSA) is 64.0 Å². The van der Waals surface area contributed by atoms with Crippen LogP contribution in [0.25, 0.3) is 10.9 Å². The van der Waals surface area contributed by atoms with Gasteiger partial charge in [-0.2, -0.15) is 0 Å². The van der Waals surface area contributed by atoms with E-state index in [-0.39, 0.29) is 23.6 Å². The number of benzene rings is 2. The number of carbonyl (C=O) groups is 1. The van der Waals surface area contributed by atoms with E-state index in [1.807, 2.05) is 54.6 Å². The van der Waals surface area contributed by atoms with Crippen LogP contribution in [0.1, 0.15) is 42.5 Å². The van der Waals surface area contributed by atoms with E-state index < -0.39 is 5.25 Å². The number of rotatable bonds is 6. The molecule has 1 atom stereocenters. The lowest BCUT2D eigenvalue weighted by Gasteiger charge is -2.19. The largest absolute Gasteiger partial charge is 0.352 e. The lowest BCUT2D eigenvalue weighted by Crippen LogP contribution is -2.30. The van der Waals surface area contributed by atoms with Crippen molar-refractivity contribution >= 4 is 28.6 Å². The van der Waals surface area contributed by atoms with Crippen LogP contribution in [0.3, 0.4) is 0 Å². The number of nitrogens with one attached hydrogen (secondary N) is 1. The Hall–Kier alpha value is -2.60. The minimum Gasteiger partial charge on any atom is -0.352 e. The van der Waals surface area contributed by atoms with Crippen molar-refractivity contribution in [2.24, 2.45) is 0 Å². The maximum Gasteiger partial charge on any atom is 0.262 e. The Bertz CT molecular complexity index is 1090. The summed E-state index contributed by atoms with van der Waals surface area (Å²) in [4.78, 5) is 30.9. The molecule has 1 heterocycles. The zero-order valence-electron chi connectivity index (χ0n) is 15.4. The highest BCUT2D eigenvalue weighted by Gasteiger charge is 2.33. The van der Waals surface area contributed by atoms with Crippen LogP contribution < -0.4 is 10.9 Å². The third-order valence-corrected chi connectivity index (χ3v) is 6.40. The van der Waals surface area contributed by atoms with Gasteiger partial charge in [0.1, 0.15) is 5.25 Å². The molecule has 0 radical (unpaired) electrons. The Balaban J connectivity index is 1.58. The third kappa shape index (κ3) is 3.44. The highest BCUT2D eigenvalue weighted by atomic mass is 32.2. The molecule has 0 saturated heterocycles. The van der Waals surface area contributed by atoms with Gasteiger partial charge in [0.2, 0.25) is 5.91 Å². The molecule has 5 nitrogen and oxygen atoms in total. The smallest absolute Gasteiger partial charge is 0.262 e. The van der Waals surface area contributed by atoms with Crippen molar-refractivity contribution in [1.82, 2.24) is 14.9 Å². The summed E-state index contributed by atoms with van der Waals surface area (Å²) in [6.45, 7) is 0. The molecule has 2 aliphatic rings. The molecule has 1 amide bonds. The van der Waals surface area contributed by atoms with Crippen molar-refractivity contribution in [3.63, 3.8) is 0 Å². The lowest BCUT2D eigenvalue weighted by molar-refractivity contribution is -0.120. The first-order valence-corrected chi connectivity index (χ1v) is 10.6. The number of carbonyl (C=O) groups excluding carboxylic acids is 1. The lowest BCUT2D eigenvalue weighted by atomic mass is 10.1. The summed E-state index contributed by atoms with van der Waals surface area (Å²) in [7, 11) is 0. The Morgan fingerprint density at radius 3 is 2.46 bits per heavy atom. The number of thioether (sulfide) groups is 1. The van der Waals surface area contributed by atoms with Crippen LogP contribution in [0.15, 0.2) is 64.5 Å². The van der Waals surface area contributed by atoms with Gasteiger partial charge in [-0.05, 0) is 43.4 Å². The predicted octanol–water partition coefficient (Wildman–Crippen LogP) is 3.84. The number of aromatic nitrogens is 2. The van der Waals surface area contributed by atoms with Crippen LogP contribution in [0.2, 0.25) is 0 Å². The van der Waals surface area contributed by atoms with E-state index in [0.29, 0.717) is 16.1 Å². The molecular formula is C22H21N3O2S. The minimum atomic E-state index is -0.431. The molecule has 2 aromatic carbocycles. The Kier molecular flexibility index (Phi) is 4.43. The van der Waals surface area contributed by atoms with Crippen LogP contribution in [0.5, 0.6) is 0 Å². The Morgan fingerprint density at radius 2 is 1.75 bits per heavy atom. The molecule has 0 aliphatic heterocycles. The summed E-state index contributed by atoms with van der Waals surface area (Å²) >= 11 is 1.38. The van der Waals surface area contributed by atoms with Gasteiger partial charge >= 0.3 is 0 Å². The molecule has 142 valence electrons. The number of fused-ring (bicyclic) bond motifs is 1. The zero-order chi connectivity index (χ0) is 19.1. The molecular weight excluding hydrogens is 370 g/mol. The van der Waals surface area contributed by atoms with Gasteiger partial charge in [-0.3, -0.25) is 14.2 Å². The summed E-state index contributed by atoms with van der Waals surface area (Å²) in [5, 5.41) is 3.95. The van der Waals surface area contributed by atoms with Crippen molar-refractivity contribution in [1.29, 1.82) is 0 Å². The van der Waals surface area contributed by atoms with Gasteiger partial charge < -0.3 is 5.32 Å². The third-order valence-electron chi connectivity index (χ3n) is 5.17. The minimum absolute atomic E-state index is 0.00925. The number of hydrogen-bond acceptors (Lipinski definition) is 4. The SMILES string of the molecule is O=C(NC1CC1)[C@H](Sc1nc2ccccc2c(=O)n1C1CC1)c1ccccc1. The second-order valence-corrected chi connectivity index (χ2v) is 8.58. The van der Waals surface area contributed by atoms with E-state index in [9.17, 15) is 9.59 Å². The molecule has 6 heteroatoms. The molecule has 1 aromatic heterocycles. The predicted molar refractivity (Wildman–Crippen MR) is 110 cm³/mol. The van der Waals surface area contributed by atoms with Gasteiger partial charge in [0, 0.05) is 12.1 Å². The van der Waals surface area contributed by atoms with Crippen molar-refractivity contribution in [3.8, 4) is 0 Å². The van der Waals surface area contributed by atoms with Gasteiger partial charge in [-0.15, -0.1) is 0 Å². The molecule has 2 fully saturated rings. The van der Waals surface area contributed by atoms with E-state index in [1.54, 1.807) is 4.57 Å². The average Bonchev–Trinajstić information content (AvgIpc) is 3.62. The molecule has 28 heavy (non-hydrogen) atoms. The van der Waals surface area contributed by atoms with Crippen molar-refractivity contribution < 1.29 is 4.79 Å². The van der Waals surface area contributed by atoms with E-state index in [2.05, 4.69) is 5.32 Å². The van der Waals surface area contributed by atoms with Gasteiger partial charge in [0.25, 0.3) is 5.56 Å². The first-order chi connectivity index (χ1) is 13.7. The fourth-order valence-corrected chi connectivity index (χ4v) is 4.55. The van der Waals surface area contributed by atoms with Gasteiger partial charge in [0.15, 0.2) is 5.16 Å². The van der Waals surface area contributed by atoms with Crippen LogP contribution in [-0.4, -0.2) is 21.5 Å². The maximum absolute atomic E-state index is 13.1. The van der Waals surface area contributed by atoms with E-state index in [0.717, 1.165) is 31.2 Å². The quantitative estimate of drug-likeness (QED) is 0.512. The summed E-state index contributed by atoms with van der Waals surface area (Å²) in [5.74, 6) is -0.0107. The summed E-state index contributed by atoms with van der Waals surface area (Å²) in [6.07, 6.45) is 4.05. The molecule has 3 aromatic rings. The summed E-state index contributed by atoms with van der Waals surface area (Å²) in [5.41, 5.74) is 1.60. The number of para-hydroxylation sites is 1. The van der Waals surface area contributed by atoms with Crippen molar-refractivity contribution in [2.75, 3.05) is 0 Å². The highest BCUT2D eigenvalue weighted by molar-refractivity contribution is 8.00. The van der Waals surface area contributed by atoms with Gasteiger partial charge in [0.05, 0.1) is 10.9 Å². The zero-order valence-corrected chi connectivity index (χ0v) is 16.2. The highest BCUT2D eigenvalue weighted by Crippen LogP contribution is 2.41. The first kappa shape index (κ1) is 17.5. The monoisotopic (exact) mass is 391 g/mol. The van der Waals surface area contributed by atoms with Gasteiger partial charge in [-0.25, -0.2) is 4.98 Å². The molecule has 0 unspecified atom stereocenters. The van der Waals surface area contributed by atoms with Crippen molar-refractivity contribution in [2.45, 2.75) is 48.2 Å². The van der Waals surface area contributed by atoms with Gasteiger partial charge in [-0.1, -0.05) is 54.2 Å². The average molecular weight is 391 g/mol. The second-order valence-electron chi connectivity index (χ2n) is 7.51. The fourth-order valence-electron chi connectivity index (χ4n) is 3.37. The maximum atomic E-state index is 13.1.